The van der Waals surface area contributed by atoms with E-state index < -0.39 is 66.4 Å². The van der Waals surface area contributed by atoms with Gasteiger partial charge in [-0.05, 0) is 59.6 Å². The van der Waals surface area contributed by atoms with E-state index in [4.69, 9.17) is 15.2 Å². The number of aliphatic hydroxyl groups is 1. The molecule has 0 spiro atoms. The maximum Gasteiger partial charge on any atom is 0.255 e. The number of amides is 6. The normalized spacial score (nSPS) is 13.1. The van der Waals surface area contributed by atoms with Gasteiger partial charge in [-0.3, -0.25) is 33.6 Å². The van der Waals surface area contributed by atoms with Crippen molar-refractivity contribution in [1.29, 1.82) is 0 Å². The molecule has 17 nitrogen and oxygen atoms in total. The molecule has 74 heavy (non-hydrogen) atoms. The fourth-order valence-corrected chi connectivity index (χ4v) is 8.05. The number of carbonyl (C=O) groups excluding carboxylic acids is 7. The van der Waals surface area contributed by atoms with Crippen LogP contribution in [0.15, 0.2) is 140 Å². The molecule has 0 aliphatic carbocycles. The lowest BCUT2D eigenvalue weighted by atomic mass is 9.99. The molecule has 6 amide bonds. The first-order valence-corrected chi connectivity index (χ1v) is 25.0. The molecule has 5 atom stereocenters. The molecule has 5 rings (SSSR count). The third-order valence-electron chi connectivity index (χ3n) is 12.2. The van der Waals surface area contributed by atoms with Crippen molar-refractivity contribution in [2.45, 2.75) is 88.1 Å². The number of hydrogen-bond donors (Lipinski definition) is 8. The number of quaternary nitrogens is 1. The Hall–Kier alpha value is -7.57. The number of fused-ring (bicyclic) bond motifs is 1. The number of ketones is 1. The number of unbranched alkanes of at least 4 members (excludes halogenated alkanes) is 2. The van der Waals surface area contributed by atoms with Crippen molar-refractivity contribution < 1.29 is 53.9 Å². The van der Waals surface area contributed by atoms with Gasteiger partial charge in [0.1, 0.15) is 30.8 Å². The highest BCUT2D eigenvalue weighted by Crippen LogP contribution is 2.18. The SMILES string of the molecule is C=CCCCC(=O)NCCCC[C@H](NC(=O)[C@H](Cc1ccc(C(=O)c2ccccc2)cc1)NC(=O)COCCOCCNC(=O)[C@H](Cc1ccc2ccccc2c1)NC(=O)[C@@H](O)[C@H]([NH3+])Cc1ccccc1)C(N)=O. The Balaban J connectivity index is 1.10. The van der Waals surface area contributed by atoms with Gasteiger partial charge in [-0.1, -0.05) is 133 Å². The number of carbonyl (C=O) groups is 7. The van der Waals surface area contributed by atoms with Gasteiger partial charge in [-0.25, -0.2) is 0 Å². The van der Waals surface area contributed by atoms with Gasteiger partial charge in [0.05, 0.1) is 19.8 Å². The van der Waals surface area contributed by atoms with E-state index in [9.17, 15) is 38.7 Å². The summed E-state index contributed by atoms with van der Waals surface area (Å²) in [6.07, 6.45) is 3.86. The molecule has 0 saturated carbocycles. The summed E-state index contributed by atoms with van der Waals surface area (Å²) >= 11 is 0. The van der Waals surface area contributed by atoms with E-state index in [-0.39, 0.29) is 57.3 Å². The second-order valence-electron chi connectivity index (χ2n) is 18.0. The van der Waals surface area contributed by atoms with Crippen molar-refractivity contribution >= 4 is 52.0 Å². The van der Waals surface area contributed by atoms with Gasteiger partial charge < -0.3 is 52.6 Å². The average molecular weight is 1010 g/mol. The minimum atomic E-state index is -1.47. The summed E-state index contributed by atoms with van der Waals surface area (Å²) in [4.78, 5) is 91.4. The maximum absolute atomic E-state index is 13.8. The number of primary amides is 1. The van der Waals surface area contributed by atoms with E-state index in [1.54, 1.807) is 54.6 Å². The average Bonchev–Trinajstić information content (AvgIpc) is 3.40. The second kappa shape index (κ2) is 31.1. The van der Waals surface area contributed by atoms with Crippen LogP contribution in [0.3, 0.4) is 0 Å². The summed E-state index contributed by atoms with van der Waals surface area (Å²) in [6, 6.07) is 34.5. The summed E-state index contributed by atoms with van der Waals surface area (Å²) in [5.41, 5.74) is 13.0. The first-order chi connectivity index (χ1) is 35.8. The Kier molecular flexibility index (Phi) is 24.1. The molecule has 0 radical (unpaired) electrons. The van der Waals surface area contributed by atoms with Crippen molar-refractivity contribution in [3.05, 3.63) is 168 Å². The third kappa shape index (κ3) is 19.8. The van der Waals surface area contributed by atoms with Gasteiger partial charge in [-0.15, -0.1) is 6.58 Å². The van der Waals surface area contributed by atoms with Crippen LogP contribution in [0.2, 0.25) is 0 Å². The minimum Gasteiger partial charge on any atom is -0.378 e. The van der Waals surface area contributed by atoms with E-state index in [0.717, 1.165) is 28.3 Å². The zero-order valence-corrected chi connectivity index (χ0v) is 41.8. The Morgan fingerprint density at radius 3 is 1.91 bits per heavy atom. The topological polar surface area (TPSA) is 272 Å². The summed E-state index contributed by atoms with van der Waals surface area (Å²) in [5, 5.41) is 26.7. The molecule has 5 aromatic carbocycles. The molecule has 0 aliphatic rings. The first kappa shape index (κ1) is 57.3. The zero-order chi connectivity index (χ0) is 53.1. The van der Waals surface area contributed by atoms with Crippen molar-refractivity contribution in [3.8, 4) is 0 Å². The number of benzene rings is 5. The molecular weight excluding hydrogens is 943 g/mol. The monoisotopic (exact) mass is 1010 g/mol. The van der Waals surface area contributed by atoms with Crippen LogP contribution in [0, 0.1) is 0 Å². The fraction of sp³-hybridized carbons (Fsp3) is 0.351. The van der Waals surface area contributed by atoms with E-state index in [0.29, 0.717) is 55.3 Å². The van der Waals surface area contributed by atoms with Gasteiger partial charge in [0.2, 0.25) is 29.5 Å². The molecule has 0 bridgehead atoms. The van der Waals surface area contributed by atoms with Gasteiger partial charge in [-0.2, -0.15) is 0 Å². The molecule has 0 aromatic heterocycles. The number of rotatable bonds is 33. The molecule has 0 aliphatic heterocycles. The molecule has 0 unspecified atom stereocenters. The molecule has 5 aromatic rings. The van der Waals surface area contributed by atoms with Gasteiger partial charge in [0.15, 0.2) is 11.9 Å². The fourth-order valence-electron chi connectivity index (χ4n) is 8.05. The number of nitrogens with one attached hydrogen (secondary N) is 5. The van der Waals surface area contributed by atoms with Gasteiger partial charge in [0, 0.05) is 49.9 Å². The zero-order valence-electron chi connectivity index (χ0n) is 41.8. The van der Waals surface area contributed by atoms with Crippen LogP contribution in [0.5, 0.6) is 0 Å². The molecular formula is C57H70N7O10+. The number of aliphatic hydroxyl groups excluding tert-OH is 1. The third-order valence-corrected chi connectivity index (χ3v) is 12.2. The predicted octanol–water partition coefficient (Wildman–Crippen LogP) is 2.80. The largest absolute Gasteiger partial charge is 0.378 e. The van der Waals surface area contributed by atoms with Crippen LogP contribution in [-0.2, 0) is 57.5 Å². The number of hydrogen-bond acceptors (Lipinski definition) is 10. The van der Waals surface area contributed by atoms with Gasteiger partial charge in [0.25, 0.3) is 5.91 Å². The molecule has 0 fully saturated rings. The summed E-state index contributed by atoms with van der Waals surface area (Å²) in [6.45, 7) is 3.81. The predicted molar refractivity (Wildman–Crippen MR) is 281 cm³/mol. The van der Waals surface area contributed by atoms with Crippen LogP contribution < -0.4 is 38.1 Å². The van der Waals surface area contributed by atoms with Crippen molar-refractivity contribution in [2.24, 2.45) is 5.73 Å². The van der Waals surface area contributed by atoms with E-state index in [1.807, 2.05) is 78.9 Å². The minimum absolute atomic E-state index is 0.00748. The van der Waals surface area contributed by atoms with Crippen LogP contribution in [0.25, 0.3) is 10.8 Å². The molecule has 0 heterocycles. The maximum atomic E-state index is 13.8. The summed E-state index contributed by atoms with van der Waals surface area (Å²) in [7, 11) is 0. The van der Waals surface area contributed by atoms with Crippen LogP contribution in [0.4, 0.5) is 0 Å². The number of nitrogens with two attached hydrogens (primary N) is 1. The highest BCUT2D eigenvalue weighted by molar-refractivity contribution is 6.09. The van der Waals surface area contributed by atoms with Crippen LogP contribution in [-0.4, -0.2) is 116 Å². The number of ether oxygens (including phenoxy) is 2. The quantitative estimate of drug-likeness (QED) is 0.0173. The Bertz CT molecular complexity index is 2620. The van der Waals surface area contributed by atoms with Gasteiger partial charge >= 0.3 is 0 Å². The highest BCUT2D eigenvalue weighted by Gasteiger charge is 2.31. The van der Waals surface area contributed by atoms with E-state index in [1.165, 1.54) is 0 Å². The van der Waals surface area contributed by atoms with E-state index >= 15 is 0 Å². The lowest BCUT2D eigenvalue weighted by Gasteiger charge is -2.22. The summed E-state index contributed by atoms with van der Waals surface area (Å²) < 4.78 is 11.2. The smallest absolute Gasteiger partial charge is 0.255 e. The molecule has 0 saturated heterocycles. The lowest BCUT2D eigenvalue weighted by molar-refractivity contribution is -0.432. The van der Waals surface area contributed by atoms with Crippen LogP contribution in [0.1, 0.15) is 71.1 Å². The lowest BCUT2D eigenvalue weighted by Crippen LogP contribution is -2.70. The first-order valence-electron chi connectivity index (χ1n) is 25.0. The summed E-state index contributed by atoms with van der Waals surface area (Å²) in [5.74, 6) is -3.48. The standard InChI is InChI=1S/C57H69N7O10/c1-2-3-6-22-50(65)60-29-14-13-21-47(54(59)69)63-56(71)49(36-40-23-27-44(28-24-40)52(67)43-18-9-5-10-19-43)62-51(66)38-74-33-32-73-31-30-61-55(70)48(37-41-25-26-42-17-11-12-20-45(42)34-41)64-57(72)53(68)46(58)35-39-15-7-4-8-16-39/h2,4-5,7-12,15-20,23-28,34,46-49,53,68H,1,3,6,13-14,21-22,29-33,35-38,58H2,(H2,59,69)(H,60,65)(H,61,70)(H,62,66)(H,63,71)(H,64,72)/p+1/t46-,47+,48+,49+,53+/m1/s1. The van der Waals surface area contributed by atoms with Crippen molar-refractivity contribution in [1.82, 2.24) is 26.6 Å². The Morgan fingerprint density at radius 1 is 0.581 bits per heavy atom. The highest BCUT2D eigenvalue weighted by atomic mass is 16.5. The molecule has 17 heteroatoms. The van der Waals surface area contributed by atoms with Crippen molar-refractivity contribution in [2.75, 3.05) is 39.5 Å². The molecule has 11 N–H and O–H groups in total. The Morgan fingerprint density at radius 2 is 1.19 bits per heavy atom. The van der Waals surface area contributed by atoms with E-state index in [2.05, 4.69) is 38.9 Å². The van der Waals surface area contributed by atoms with Crippen molar-refractivity contribution in [3.63, 3.8) is 0 Å². The molecule has 392 valence electrons. The van der Waals surface area contributed by atoms with Crippen LogP contribution >= 0.6 is 0 Å². The second-order valence-corrected chi connectivity index (χ2v) is 18.0. The Labute approximate surface area is 432 Å². The number of allylic oxidation sites excluding steroid dienone is 1.